The minimum absolute atomic E-state index is 0.340. The van der Waals surface area contributed by atoms with Gasteiger partial charge in [-0.3, -0.25) is 9.69 Å². The zero-order valence-electron chi connectivity index (χ0n) is 12.5. The molecule has 3 N–H and O–H groups in total. The highest BCUT2D eigenvalue weighted by atomic mass is 16.5. The summed E-state index contributed by atoms with van der Waals surface area (Å²) in [7, 11) is 1.66. The van der Waals surface area contributed by atoms with Crippen molar-refractivity contribution in [1.82, 2.24) is 4.90 Å². The van der Waals surface area contributed by atoms with Crippen LogP contribution in [-0.2, 0) is 17.8 Å². The second-order valence-corrected chi connectivity index (χ2v) is 5.63. The third-order valence-electron chi connectivity index (χ3n) is 3.96. The van der Waals surface area contributed by atoms with Gasteiger partial charge in [-0.15, -0.1) is 0 Å². The Hall–Kier alpha value is -1.59. The van der Waals surface area contributed by atoms with Gasteiger partial charge in [0.1, 0.15) is 11.8 Å². The summed E-state index contributed by atoms with van der Waals surface area (Å²) < 4.78 is 5.42. The van der Waals surface area contributed by atoms with Crippen LogP contribution in [0.3, 0.4) is 0 Å². The van der Waals surface area contributed by atoms with Crippen LogP contribution in [0.2, 0.25) is 0 Å². The van der Waals surface area contributed by atoms with E-state index in [0.717, 1.165) is 36.5 Å². The molecule has 1 aromatic carbocycles. The maximum atomic E-state index is 10.9. The van der Waals surface area contributed by atoms with Crippen molar-refractivity contribution in [1.29, 1.82) is 0 Å². The van der Waals surface area contributed by atoms with E-state index in [1.807, 2.05) is 18.2 Å². The second kappa shape index (κ2) is 7.43. The topological polar surface area (TPSA) is 75.8 Å². The third-order valence-corrected chi connectivity index (χ3v) is 3.96. The van der Waals surface area contributed by atoms with Gasteiger partial charge in [0, 0.05) is 12.1 Å². The number of nitrogens with zero attached hydrogens (tertiary/aromatic N) is 1. The van der Waals surface area contributed by atoms with Crippen LogP contribution in [0.1, 0.15) is 30.4 Å². The number of hydrogen-bond donors (Lipinski definition) is 2. The highest BCUT2D eigenvalue weighted by Crippen LogP contribution is 2.23. The van der Waals surface area contributed by atoms with Gasteiger partial charge in [0.05, 0.1) is 7.11 Å². The Morgan fingerprint density at radius 1 is 1.38 bits per heavy atom. The van der Waals surface area contributed by atoms with Gasteiger partial charge in [-0.1, -0.05) is 18.6 Å². The zero-order chi connectivity index (χ0) is 15.2. The van der Waals surface area contributed by atoms with Crippen molar-refractivity contribution < 1.29 is 14.6 Å². The number of nitrogens with two attached hydrogens (primary N) is 1. The van der Waals surface area contributed by atoms with Gasteiger partial charge in [-0.2, -0.15) is 0 Å². The van der Waals surface area contributed by atoms with Crippen LogP contribution in [0.5, 0.6) is 5.75 Å². The van der Waals surface area contributed by atoms with E-state index in [0.29, 0.717) is 6.42 Å². The lowest BCUT2D eigenvalue weighted by molar-refractivity contribution is -0.138. The van der Waals surface area contributed by atoms with Gasteiger partial charge in [-0.05, 0) is 44.0 Å². The molecular formula is C16H24N2O3. The van der Waals surface area contributed by atoms with E-state index in [4.69, 9.17) is 15.6 Å². The van der Waals surface area contributed by atoms with Crippen molar-refractivity contribution in [2.24, 2.45) is 5.73 Å². The SMILES string of the molecule is COc1ccc(CC(N)C(=O)O)cc1CN1CCCCC1. The van der Waals surface area contributed by atoms with E-state index in [-0.39, 0.29) is 0 Å². The first-order chi connectivity index (χ1) is 10.1. The summed E-state index contributed by atoms with van der Waals surface area (Å²) in [5.74, 6) is -0.114. The predicted octanol–water partition coefficient (Wildman–Crippen LogP) is 1.64. The van der Waals surface area contributed by atoms with Gasteiger partial charge < -0.3 is 15.6 Å². The number of methoxy groups -OCH3 is 1. The number of aliphatic carboxylic acids is 1. The monoisotopic (exact) mass is 292 g/mol. The smallest absolute Gasteiger partial charge is 0.320 e. The maximum absolute atomic E-state index is 10.9. The molecule has 5 nitrogen and oxygen atoms in total. The summed E-state index contributed by atoms with van der Waals surface area (Å²) in [5.41, 5.74) is 7.66. The van der Waals surface area contributed by atoms with E-state index in [9.17, 15) is 4.79 Å². The first-order valence-corrected chi connectivity index (χ1v) is 7.46. The van der Waals surface area contributed by atoms with E-state index in [2.05, 4.69) is 4.90 Å². The van der Waals surface area contributed by atoms with Crippen molar-refractivity contribution in [3.63, 3.8) is 0 Å². The number of hydrogen-bond acceptors (Lipinski definition) is 4. The number of likely N-dealkylation sites (tertiary alicyclic amines) is 1. The Kier molecular flexibility index (Phi) is 5.59. The third kappa shape index (κ3) is 4.44. The largest absolute Gasteiger partial charge is 0.496 e. The molecule has 1 aliphatic heterocycles. The van der Waals surface area contributed by atoms with Gasteiger partial charge >= 0.3 is 5.97 Å². The van der Waals surface area contributed by atoms with Crippen LogP contribution in [-0.4, -0.2) is 42.2 Å². The van der Waals surface area contributed by atoms with E-state index in [1.54, 1.807) is 7.11 Å². The van der Waals surface area contributed by atoms with Crippen LogP contribution in [0, 0.1) is 0 Å². The highest BCUT2D eigenvalue weighted by molar-refractivity contribution is 5.73. The Morgan fingerprint density at radius 3 is 2.71 bits per heavy atom. The van der Waals surface area contributed by atoms with Crippen LogP contribution in [0.4, 0.5) is 0 Å². The molecule has 0 radical (unpaired) electrons. The van der Waals surface area contributed by atoms with Gasteiger partial charge in [0.25, 0.3) is 0 Å². The first kappa shape index (κ1) is 15.8. The van der Waals surface area contributed by atoms with E-state index >= 15 is 0 Å². The fraction of sp³-hybridized carbons (Fsp3) is 0.562. The van der Waals surface area contributed by atoms with Crippen molar-refractivity contribution in [2.45, 2.75) is 38.3 Å². The summed E-state index contributed by atoms with van der Waals surface area (Å²) in [5, 5.41) is 8.92. The molecule has 1 unspecified atom stereocenters. The van der Waals surface area contributed by atoms with Crippen molar-refractivity contribution in [3.8, 4) is 5.75 Å². The summed E-state index contributed by atoms with van der Waals surface area (Å²) in [4.78, 5) is 13.3. The van der Waals surface area contributed by atoms with Gasteiger partial charge in [-0.25, -0.2) is 0 Å². The summed E-state index contributed by atoms with van der Waals surface area (Å²) in [6, 6.07) is 4.96. The van der Waals surface area contributed by atoms with Crippen LogP contribution in [0.25, 0.3) is 0 Å². The average Bonchev–Trinajstić information content (AvgIpc) is 2.48. The Bertz CT molecular complexity index is 484. The fourth-order valence-corrected chi connectivity index (χ4v) is 2.78. The maximum Gasteiger partial charge on any atom is 0.320 e. The minimum atomic E-state index is -0.969. The number of ether oxygens (including phenoxy) is 1. The molecular weight excluding hydrogens is 268 g/mol. The normalized spacial score (nSPS) is 17.4. The van der Waals surface area contributed by atoms with E-state index < -0.39 is 12.0 Å². The molecule has 1 aliphatic rings. The second-order valence-electron chi connectivity index (χ2n) is 5.63. The van der Waals surface area contributed by atoms with E-state index in [1.165, 1.54) is 19.3 Å². The standard InChI is InChI=1S/C16H24N2O3/c1-21-15-6-5-12(10-14(17)16(19)20)9-13(15)11-18-7-3-2-4-8-18/h5-6,9,14H,2-4,7-8,10-11,17H2,1H3,(H,19,20). The number of carboxylic acids is 1. The molecule has 0 bridgehead atoms. The molecule has 0 saturated carbocycles. The molecule has 1 aromatic rings. The molecule has 1 heterocycles. The van der Waals surface area contributed by atoms with Crippen molar-refractivity contribution >= 4 is 5.97 Å². The number of carboxylic acid groups (broad SMARTS) is 1. The first-order valence-electron chi connectivity index (χ1n) is 7.46. The minimum Gasteiger partial charge on any atom is -0.496 e. The molecule has 2 rings (SSSR count). The molecule has 1 saturated heterocycles. The Labute approximate surface area is 125 Å². The van der Waals surface area contributed by atoms with Crippen molar-refractivity contribution in [3.05, 3.63) is 29.3 Å². The molecule has 0 amide bonds. The molecule has 5 heteroatoms. The highest BCUT2D eigenvalue weighted by Gasteiger charge is 2.16. The lowest BCUT2D eigenvalue weighted by Gasteiger charge is -2.27. The van der Waals surface area contributed by atoms with Gasteiger partial charge in [0.2, 0.25) is 0 Å². The summed E-state index contributed by atoms with van der Waals surface area (Å²) in [6.07, 6.45) is 4.13. The summed E-state index contributed by atoms with van der Waals surface area (Å²) >= 11 is 0. The molecule has 0 aliphatic carbocycles. The molecule has 21 heavy (non-hydrogen) atoms. The molecule has 116 valence electrons. The average molecular weight is 292 g/mol. The number of piperidine rings is 1. The molecule has 1 atom stereocenters. The number of rotatable bonds is 6. The zero-order valence-corrected chi connectivity index (χ0v) is 12.5. The van der Waals surface area contributed by atoms with Crippen LogP contribution < -0.4 is 10.5 Å². The Balaban J connectivity index is 2.11. The molecule has 0 spiro atoms. The molecule has 1 fully saturated rings. The predicted molar refractivity (Wildman–Crippen MR) is 81.4 cm³/mol. The van der Waals surface area contributed by atoms with Crippen LogP contribution in [0.15, 0.2) is 18.2 Å². The lowest BCUT2D eigenvalue weighted by Crippen LogP contribution is -2.32. The number of carbonyl (C=O) groups is 1. The summed E-state index contributed by atoms with van der Waals surface area (Å²) in [6.45, 7) is 3.07. The van der Waals surface area contributed by atoms with Crippen molar-refractivity contribution in [2.75, 3.05) is 20.2 Å². The molecule has 0 aromatic heterocycles. The Morgan fingerprint density at radius 2 is 2.10 bits per heavy atom. The van der Waals surface area contributed by atoms with Gasteiger partial charge in [0.15, 0.2) is 0 Å². The fourth-order valence-electron chi connectivity index (χ4n) is 2.78. The quantitative estimate of drug-likeness (QED) is 0.833. The lowest BCUT2D eigenvalue weighted by atomic mass is 10.0. The van der Waals surface area contributed by atoms with Crippen LogP contribution >= 0.6 is 0 Å². The number of benzene rings is 1.